The minimum absolute atomic E-state index is 0.166. The Morgan fingerprint density at radius 1 is 1.29 bits per heavy atom. The zero-order valence-electron chi connectivity index (χ0n) is 8.06. The standard InChI is InChI=1S/C10H11NO2S/c1-11(2)10(14)13-9(12)8-6-4-3-5-7-8/h3-7H,1-2H3. The summed E-state index contributed by atoms with van der Waals surface area (Å²) in [5, 5.41) is 0.166. The first kappa shape index (κ1) is 10.7. The molecule has 3 nitrogen and oxygen atoms in total. The van der Waals surface area contributed by atoms with E-state index < -0.39 is 5.97 Å². The lowest BCUT2D eigenvalue weighted by Gasteiger charge is -2.12. The fraction of sp³-hybridized carbons (Fsp3) is 0.200. The van der Waals surface area contributed by atoms with Crippen LogP contribution in [0.15, 0.2) is 30.3 Å². The number of carbonyl (C=O) groups is 1. The Balaban J connectivity index is 2.65. The first-order valence-corrected chi connectivity index (χ1v) is 4.50. The largest absolute Gasteiger partial charge is 0.395 e. The Morgan fingerprint density at radius 3 is 2.36 bits per heavy atom. The third-order valence-electron chi connectivity index (χ3n) is 1.55. The van der Waals surface area contributed by atoms with E-state index in [-0.39, 0.29) is 5.17 Å². The molecule has 4 heteroatoms. The number of esters is 1. The summed E-state index contributed by atoms with van der Waals surface area (Å²) >= 11 is 4.84. The summed E-state index contributed by atoms with van der Waals surface area (Å²) in [7, 11) is 3.45. The third kappa shape index (κ3) is 2.81. The first-order valence-electron chi connectivity index (χ1n) is 4.10. The van der Waals surface area contributed by atoms with Gasteiger partial charge in [-0.2, -0.15) is 0 Å². The topological polar surface area (TPSA) is 29.5 Å². The Morgan fingerprint density at radius 2 is 1.86 bits per heavy atom. The Labute approximate surface area is 88.3 Å². The van der Waals surface area contributed by atoms with Gasteiger partial charge in [0.1, 0.15) is 0 Å². The molecular formula is C10H11NO2S. The van der Waals surface area contributed by atoms with Crippen molar-refractivity contribution in [3.05, 3.63) is 35.9 Å². The van der Waals surface area contributed by atoms with Crippen LogP contribution in [-0.2, 0) is 4.74 Å². The van der Waals surface area contributed by atoms with Gasteiger partial charge in [0.05, 0.1) is 5.56 Å². The smallest absolute Gasteiger partial charge is 0.345 e. The molecule has 0 bridgehead atoms. The fourth-order valence-corrected chi connectivity index (χ4v) is 0.879. The van der Waals surface area contributed by atoms with Crippen molar-refractivity contribution in [3.8, 4) is 0 Å². The zero-order valence-corrected chi connectivity index (χ0v) is 8.88. The van der Waals surface area contributed by atoms with Gasteiger partial charge in [0.15, 0.2) is 0 Å². The predicted octanol–water partition coefficient (Wildman–Crippen LogP) is 1.69. The highest BCUT2D eigenvalue weighted by Gasteiger charge is 2.10. The van der Waals surface area contributed by atoms with E-state index in [0.29, 0.717) is 5.56 Å². The molecule has 1 rings (SSSR count). The van der Waals surface area contributed by atoms with Gasteiger partial charge in [0, 0.05) is 14.1 Å². The van der Waals surface area contributed by atoms with Crippen molar-refractivity contribution in [3.63, 3.8) is 0 Å². The van der Waals surface area contributed by atoms with Crippen LogP contribution in [0.1, 0.15) is 10.4 Å². The van der Waals surface area contributed by atoms with Crippen LogP contribution in [0.4, 0.5) is 0 Å². The summed E-state index contributed by atoms with van der Waals surface area (Å²) in [6, 6.07) is 8.74. The number of thiocarbonyl (C=S) groups is 1. The second-order valence-electron chi connectivity index (χ2n) is 2.92. The van der Waals surface area contributed by atoms with Gasteiger partial charge in [-0.3, -0.25) is 0 Å². The van der Waals surface area contributed by atoms with Crippen LogP contribution in [0, 0.1) is 0 Å². The van der Waals surface area contributed by atoms with Crippen molar-refractivity contribution in [2.45, 2.75) is 0 Å². The monoisotopic (exact) mass is 209 g/mol. The van der Waals surface area contributed by atoms with Crippen LogP contribution in [0.3, 0.4) is 0 Å². The SMILES string of the molecule is CN(C)C(=S)OC(=O)c1ccccc1. The summed E-state index contributed by atoms with van der Waals surface area (Å²) in [4.78, 5) is 13.0. The zero-order chi connectivity index (χ0) is 10.6. The number of hydrogen-bond acceptors (Lipinski definition) is 3. The van der Waals surface area contributed by atoms with E-state index in [0.717, 1.165) is 0 Å². The Kier molecular flexibility index (Phi) is 3.59. The molecule has 0 aliphatic rings. The molecule has 0 N–H and O–H groups in total. The van der Waals surface area contributed by atoms with Crippen LogP contribution in [0.25, 0.3) is 0 Å². The lowest BCUT2D eigenvalue weighted by atomic mass is 10.2. The van der Waals surface area contributed by atoms with E-state index in [1.807, 2.05) is 6.07 Å². The van der Waals surface area contributed by atoms with E-state index in [9.17, 15) is 4.79 Å². The molecule has 1 aromatic rings. The van der Waals surface area contributed by atoms with Crippen molar-refractivity contribution in [2.75, 3.05) is 14.1 Å². The molecule has 0 radical (unpaired) electrons. The second-order valence-corrected chi connectivity index (χ2v) is 3.27. The quantitative estimate of drug-likeness (QED) is 0.520. The van der Waals surface area contributed by atoms with Gasteiger partial charge in [0.25, 0.3) is 5.17 Å². The van der Waals surface area contributed by atoms with Gasteiger partial charge in [-0.15, -0.1) is 0 Å². The molecule has 0 unspecified atom stereocenters. The average Bonchev–Trinajstić information content (AvgIpc) is 2.19. The highest BCUT2D eigenvalue weighted by Crippen LogP contribution is 2.02. The molecule has 0 heterocycles. The molecule has 0 aromatic heterocycles. The molecule has 0 aliphatic heterocycles. The van der Waals surface area contributed by atoms with E-state index in [4.69, 9.17) is 17.0 Å². The molecule has 0 spiro atoms. The molecule has 0 amide bonds. The van der Waals surface area contributed by atoms with E-state index >= 15 is 0 Å². The van der Waals surface area contributed by atoms with Gasteiger partial charge in [0.2, 0.25) is 0 Å². The molecule has 0 saturated carbocycles. The lowest BCUT2D eigenvalue weighted by Crippen LogP contribution is -2.25. The van der Waals surface area contributed by atoms with Gasteiger partial charge >= 0.3 is 5.97 Å². The van der Waals surface area contributed by atoms with Crippen LogP contribution in [0.5, 0.6) is 0 Å². The second kappa shape index (κ2) is 4.72. The van der Waals surface area contributed by atoms with E-state index in [1.54, 1.807) is 43.3 Å². The highest BCUT2D eigenvalue weighted by atomic mass is 32.1. The summed E-state index contributed by atoms with van der Waals surface area (Å²) < 4.78 is 4.92. The molecule has 1 aromatic carbocycles. The van der Waals surface area contributed by atoms with Gasteiger partial charge in [-0.1, -0.05) is 18.2 Å². The van der Waals surface area contributed by atoms with E-state index in [1.165, 1.54) is 0 Å². The number of nitrogens with zero attached hydrogens (tertiary/aromatic N) is 1. The van der Waals surface area contributed by atoms with Crippen LogP contribution in [0.2, 0.25) is 0 Å². The van der Waals surface area contributed by atoms with Crippen molar-refractivity contribution in [1.29, 1.82) is 0 Å². The maximum absolute atomic E-state index is 11.4. The van der Waals surface area contributed by atoms with Crippen LogP contribution >= 0.6 is 12.2 Å². The molecule has 74 valence electrons. The molecule has 0 fully saturated rings. The molecule has 0 atom stereocenters. The van der Waals surface area contributed by atoms with Crippen molar-refractivity contribution < 1.29 is 9.53 Å². The summed E-state index contributed by atoms with van der Waals surface area (Å²) in [5.74, 6) is -0.427. The number of rotatable bonds is 1. The molecule has 0 aliphatic carbocycles. The number of hydrogen-bond donors (Lipinski definition) is 0. The fourth-order valence-electron chi connectivity index (χ4n) is 0.804. The minimum atomic E-state index is -0.427. The number of carbonyl (C=O) groups excluding carboxylic acids is 1. The molecule has 0 saturated heterocycles. The van der Waals surface area contributed by atoms with Crippen LogP contribution in [-0.4, -0.2) is 30.1 Å². The minimum Gasteiger partial charge on any atom is -0.395 e. The normalized spacial score (nSPS) is 9.29. The van der Waals surface area contributed by atoms with Crippen molar-refractivity contribution in [2.24, 2.45) is 0 Å². The average molecular weight is 209 g/mol. The highest BCUT2D eigenvalue weighted by molar-refractivity contribution is 7.80. The van der Waals surface area contributed by atoms with Crippen molar-refractivity contribution >= 4 is 23.4 Å². The lowest BCUT2D eigenvalue weighted by molar-refractivity contribution is 0.0699. The molecular weight excluding hydrogens is 198 g/mol. The number of benzene rings is 1. The van der Waals surface area contributed by atoms with Gasteiger partial charge in [-0.05, 0) is 24.4 Å². The third-order valence-corrected chi connectivity index (χ3v) is 2.00. The van der Waals surface area contributed by atoms with Gasteiger partial charge < -0.3 is 9.64 Å². The number of ether oxygens (including phenoxy) is 1. The maximum Gasteiger partial charge on any atom is 0.345 e. The first-order chi connectivity index (χ1) is 6.61. The summed E-state index contributed by atoms with van der Waals surface area (Å²) in [6.45, 7) is 0. The van der Waals surface area contributed by atoms with Crippen LogP contribution < -0.4 is 0 Å². The van der Waals surface area contributed by atoms with Crippen molar-refractivity contribution in [1.82, 2.24) is 4.90 Å². The summed E-state index contributed by atoms with van der Waals surface area (Å²) in [5.41, 5.74) is 0.497. The Bertz CT molecular complexity index is 335. The summed E-state index contributed by atoms with van der Waals surface area (Å²) in [6.07, 6.45) is 0. The van der Waals surface area contributed by atoms with Gasteiger partial charge in [-0.25, -0.2) is 4.79 Å². The predicted molar refractivity (Wildman–Crippen MR) is 58.1 cm³/mol. The van der Waals surface area contributed by atoms with E-state index in [2.05, 4.69) is 0 Å². The molecule has 14 heavy (non-hydrogen) atoms. The Hall–Kier alpha value is -1.42. The maximum atomic E-state index is 11.4.